The monoisotopic (exact) mass is 338 g/mol. The van der Waals surface area contributed by atoms with Gasteiger partial charge in [0.1, 0.15) is 5.60 Å². The van der Waals surface area contributed by atoms with E-state index in [1.54, 1.807) is 0 Å². The average Bonchev–Trinajstić information content (AvgIpc) is 2.64. The molecule has 0 radical (unpaired) electrons. The molecule has 1 aliphatic carbocycles. The van der Waals surface area contributed by atoms with Crippen LogP contribution in [0.3, 0.4) is 0 Å². The van der Waals surface area contributed by atoms with Gasteiger partial charge in [-0.2, -0.15) is 0 Å². The van der Waals surface area contributed by atoms with E-state index < -0.39 is 0 Å². The van der Waals surface area contributed by atoms with E-state index in [0.29, 0.717) is 18.2 Å². The fourth-order valence-electron chi connectivity index (χ4n) is 3.54. The zero-order chi connectivity index (χ0) is 18.2. The molecule has 1 saturated carbocycles. The maximum atomic E-state index is 11.9. The smallest absolute Gasteiger partial charge is 0.460 e. The Bertz CT molecular complexity index is 429. The van der Waals surface area contributed by atoms with E-state index in [4.69, 9.17) is 14.0 Å². The highest BCUT2D eigenvalue weighted by Gasteiger charge is 2.53. The first-order valence-electron chi connectivity index (χ1n) is 9.47. The van der Waals surface area contributed by atoms with Crippen LogP contribution in [-0.4, -0.2) is 29.9 Å². The van der Waals surface area contributed by atoms with Crippen molar-refractivity contribution < 1.29 is 18.8 Å². The van der Waals surface area contributed by atoms with Crippen LogP contribution in [0.5, 0.6) is 0 Å². The van der Waals surface area contributed by atoms with Crippen LogP contribution in [0.4, 0.5) is 0 Å². The van der Waals surface area contributed by atoms with E-state index >= 15 is 0 Å². The Morgan fingerprint density at radius 2 is 1.54 bits per heavy atom. The molecule has 138 valence electrons. The molecule has 24 heavy (non-hydrogen) atoms. The quantitative estimate of drug-likeness (QED) is 0.547. The van der Waals surface area contributed by atoms with Crippen LogP contribution in [0.15, 0.2) is 0 Å². The SMILES string of the molecule is CC(C)(C)OC(=O)CCC1CCC(B2OC(C)(C)C(C)(C)O2)CC1. The Hall–Kier alpha value is -0.545. The van der Waals surface area contributed by atoms with Gasteiger partial charge in [0.2, 0.25) is 0 Å². The van der Waals surface area contributed by atoms with Crippen molar-refractivity contribution in [1.82, 2.24) is 0 Å². The summed E-state index contributed by atoms with van der Waals surface area (Å²) < 4.78 is 17.8. The average molecular weight is 338 g/mol. The third-order valence-electron chi connectivity index (χ3n) is 5.72. The third kappa shape index (κ3) is 4.98. The van der Waals surface area contributed by atoms with Crippen molar-refractivity contribution in [3.63, 3.8) is 0 Å². The molecule has 2 aliphatic rings. The molecule has 5 heteroatoms. The molecule has 1 heterocycles. The maximum Gasteiger partial charge on any atom is 0.461 e. The standard InChI is InChI=1S/C19H35BO4/c1-17(2,3)22-16(21)13-10-14-8-11-15(12-9-14)20-23-18(4,5)19(6,7)24-20/h14-15H,8-13H2,1-7H3. The number of carbonyl (C=O) groups excluding carboxylic acids is 1. The summed E-state index contributed by atoms with van der Waals surface area (Å²) in [5.41, 5.74) is -0.873. The fourth-order valence-corrected chi connectivity index (χ4v) is 3.54. The van der Waals surface area contributed by atoms with Crippen molar-refractivity contribution in [2.24, 2.45) is 5.92 Å². The first kappa shape index (κ1) is 19.8. The van der Waals surface area contributed by atoms with Gasteiger partial charge in [-0.25, -0.2) is 0 Å². The third-order valence-corrected chi connectivity index (χ3v) is 5.72. The van der Waals surface area contributed by atoms with Crippen molar-refractivity contribution in [2.75, 3.05) is 0 Å². The van der Waals surface area contributed by atoms with Gasteiger partial charge >= 0.3 is 13.1 Å². The summed E-state index contributed by atoms with van der Waals surface area (Å²) in [6.07, 6.45) is 6.01. The van der Waals surface area contributed by atoms with Crippen molar-refractivity contribution in [3.8, 4) is 0 Å². The predicted molar refractivity (Wildman–Crippen MR) is 96.9 cm³/mol. The molecular formula is C19H35BO4. The van der Waals surface area contributed by atoms with E-state index in [1.165, 1.54) is 0 Å². The van der Waals surface area contributed by atoms with E-state index in [9.17, 15) is 4.79 Å². The second kappa shape index (κ2) is 6.99. The first-order chi connectivity index (χ1) is 10.9. The van der Waals surface area contributed by atoms with Crippen molar-refractivity contribution in [3.05, 3.63) is 0 Å². The van der Waals surface area contributed by atoms with E-state index in [0.717, 1.165) is 32.1 Å². The maximum absolute atomic E-state index is 11.9. The summed E-state index contributed by atoms with van der Waals surface area (Å²) in [6.45, 7) is 14.2. The van der Waals surface area contributed by atoms with Crippen molar-refractivity contribution in [1.29, 1.82) is 0 Å². The highest BCUT2D eigenvalue weighted by atomic mass is 16.7. The molecule has 4 nitrogen and oxygen atoms in total. The Kier molecular flexibility index (Phi) is 5.76. The number of carbonyl (C=O) groups is 1. The zero-order valence-electron chi connectivity index (χ0n) is 16.6. The van der Waals surface area contributed by atoms with Gasteiger partial charge in [0.05, 0.1) is 11.2 Å². The number of hydrogen-bond acceptors (Lipinski definition) is 4. The number of hydrogen-bond donors (Lipinski definition) is 0. The Morgan fingerprint density at radius 3 is 2.00 bits per heavy atom. The second-order valence-electron chi connectivity index (χ2n) is 9.53. The molecule has 0 aromatic rings. The topological polar surface area (TPSA) is 44.8 Å². The summed E-state index contributed by atoms with van der Waals surface area (Å²) in [6, 6.07) is 0. The van der Waals surface area contributed by atoms with Crippen LogP contribution in [-0.2, 0) is 18.8 Å². The zero-order valence-corrected chi connectivity index (χ0v) is 16.6. The van der Waals surface area contributed by atoms with Gasteiger partial charge in [-0.15, -0.1) is 0 Å². The van der Waals surface area contributed by atoms with Gasteiger partial charge in [0.15, 0.2) is 0 Å². The van der Waals surface area contributed by atoms with Crippen LogP contribution in [0.1, 0.15) is 87.0 Å². The Balaban J connectivity index is 1.74. The number of rotatable bonds is 4. The summed E-state index contributed by atoms with van der Waals surface area (Å²) >= 11 is 0. The summed E-state index contributed by atoms with van der Waals surface area (Å²) in [5, 5.41) is 0. The normalized spacial score (nSPS) is 29.5. The fraction of sp³-hybridized carbons (Fsp3) is 0.947. The van der Waals surface area contributed by atoms with Crippen LogP contribution >= 0.6 is 0 Å². The van der Waals surface area contributed by atoms with Gasteiger partial charge in [-0.05, 0) is 66.6 Å². The molecule has 0 aromatic carbocycles. The van der Waals surface area contributed by atoms with Crippen molar-refractivity contribution in [2.45, 2.75) is 110 Å². The highest BCUT2D eigenvalue weighted by molar-refractivity contribution is 6.47. The van der Waals surface area contributed by atoms with Gasteiger partial charge in [0.25, 0.3) is 0 Å². The van der Waals surface area contributed by atoms with Crippen molar-refractivity contribution >= 4 is 13.1 Å². The molecule has 0 N–H and O–H groups in total. The van der Waals surface area contributed by atoms with E-state index in [1.807, 2.05) is 20.8 Å². The lowest BCUT2D eigenvalue weighted by Gasteiger charge is -2.32. The van der Waals surface area contributed by atoms with Crippen LogP contribution in [0, 0.1) is 5.92 Å². The first-order valence-corrected chi connectivity index (χ1v) is 9.47. The predicted octanol–water partition coefficient (Wildman–Crippen LogP) is 4.76. The minimum absolute atomic E-state index is 0.0735. The minimum Gasteiger partial charge on any atom is -0.460 e. The van der Waals surface area contributed by atoms with Gasteiger partial charge in [0, 0.05) is 6.42 Å². The second-order valence-corrected chi connectivity index (χ2v) is 9.53. The van der Waals surface area contributed by atoms with E-state index in [-0.39, 0.29) is 29.9 Å². The Labute approximate surface area is 148 Å². The largest absolute Gasteiger partial charge is 0.461 e. The summed E-state index contributed by atoms with van der Waals surface area (Å²) in [5.74, 6) is 1.02. The van der Waals surface area contributed by atoms with Gasteiger partial charge in [-0.3, -0.25) is 4.79 Å². The summed E-state index contributed by atoms with van der Waals surface area (Å²) in [7, 11) is -0.0817. The molecule has 0 spiro atoms. The van der Waals surface area contributed by atoms with Crippen LogP contribution in [0.2, 0.25) is 5.82 Å². The molecule has 0 amide bonds. The molecule has 0 atom stereocenters. The lowest BCUT2D eigenvalue weighted by atomic mass is 9.62. The Morgan fingerprint density at radius 1 is 1.04 bits per heavy atom. The van der Waals surface area contributed by atoms with E-state index in [2.05, 4.69) is 27.7 Å². The van der Waals surface area contributed by atoms with Crippen LogP contribution < -0.4 is 0 Å². The number of ether oxygens (including phenoxy) is 1. The lowest BCUT2D eigenvalue weighted by Crippen LogP contribution is -2.41. The molecule has 2 rings (SSSR count). The molecule has 0 unspecified atom stereocenters. The molecular weight excluding hydrogens is 303 g/mol. The van der Waals surface area contributed by atoms with Gasteiger partial charge < -0.3 is 14.0 Å². The lowest BCUT2D eigenvalue weighted by molar-refractivity contribution is -0.155. The van der Waals surface area contributed by atoms with Gasteiger partial charge in [-0.1, -0.05) is 25.7 Å². The molecule has 2 fully saturated rings. The van der Waals surface area contributed by atoms with Crippen LogP contribution in [0.25, 0.3) is 0 Å². The molecule has 1 aliphatic heterocycles. The minimum atomic E-state index is -0.383. The summed E-state index contributed by atoms with van der Waals surface area (Å²) in [4.78, 5) is 11.9. The molecule has 1 saturated heterocycles. The molecule has 0 aromatic heterocycles. The highest BCUT2D eigenvalue weighted by Crippen LogP contribution is 2.45. The number of esters is 1. The molecule has 0 bridgehead atoms.